The number of hydrogen-bond donors (Lipinski definition) is 1. The Hall–Kier alpha value is -1.18. The van der Waals surface area contributed by atoms with Crippen molar-refractivity contribution < 1.29 is 26.8 Å². The summed E-state index contributed by atoms with van der Waals surface area (Å²) < 4.78 is 44.7. The van der Waals surface area contributed by atoms with Crippen LogP contribution in [0.25, 0.3) is 0 Å². The SMILES string of the molecule is CS(=O)(=O)OC[C@@H](O)[C@@H]1CCc2cc(F)ccc2O1. The van der Waals surface area contributed by atoms with Gasteiger partial charge in [-0.3, -0.25) is 4.18 Å². The minimum Gasteiger partial charge on any atom is -0.487 e. The van der Waals surface area contributed by atoms with Crippen molar-refractivity contribution in [3.8, 4) is 5.75 Å². The molecule has 2 rings (SSSR count). The molecule has 1 N–H and O–H groups in total. The molecule has 106 valence electrons. The van der Waals surface area contributed by atoms with E-state index in [1.807, 2.05) is 0 Å². The average molecular weight is 290 g/mol. The highest BCUT2D eigenvalue weighted by Gasteiger charge is 2.27. The molecule has 2 atom stereocenters. The molecule has 0 aliphatic carbocycles. The third-order valence-electron chi connectivity index (χ3n) is 2.88. The monoisotopic (exact) mass is 290 g/mol. The second-order valence-corrected chi connectivity index (χ2v) is 6.15. The highest BCUT2D eigenvalue weighted by molar-refractivity contribution is 7.85. The number of benzene rings is 1. The van der Waals surface area contributed by atoms with Gasteiger partial charge in [0.25, 0.3) is 10.1 Å². The lowest BCUT2D eigenvalue weighted by molar-refractivity contribution is -0.00188. The molecule has 1 heterocycles. The summed E-state index contributed by atoms with van der Waals surface area (Å²) in [6.07, 6.45) is 0.352. The number of halogens is 1. The third-order valence-corrected chi connectivity index (χ3v) is 3.45. The fourth-order valence-corrected chi connectivity index (χ4v) is 2.34. The molecular weight excluding hydrogens is 275 g/mol. The Morgan fingerprint density at radius 2 is 2.32 bits per heavy atom. The Bertz CT molecular complexity index is 557. The van der Waals surface area contributed by atoms with Gasteiger partial charge in [0.05, 0.1) is 12.9 Å². The van der Waals surface area contributed by atoms with Crippen LogP contribution in [0.3, 0.4) is 0 Å². The second kappa shape index (κ2) is 5.44. The van der Waals surface area contributed by atoms with E-state index in [9.17, 15) is 17.9 Å². The fourth-order valence-electron chi connectivity index (χ4n) is 1.95. The van der Waals surface area contributed by atoms with Crippen LogP contribution >= 0.6 is 0 Å². The molecule has 1 aliphatic heterocycles. The summed E-state index contributed by atoms with van der Waals surface area (Å²) in [6.45, 7) is -0.347. The molecule has 0 unspecified atom stereocenters. The van der Waals surface area contributed by atoms with Gasteiger partial charge in [0.15, 0.2) is 0 Å². The topological polar surface area (TPSA) is 72.8 Å². The van der Waals surface area contributed by atoms with Crippen LogP contribution in [0.15, 0.2) is 18.2 Å². The molecule has 0 amide bonds. The summed E-state index contributed by atoms with van der Waals surface area (Å²) in [5.41, 5.74) is 0.743. The van der Waals surface area contributed by atoms with Gasteiger partial charge in [-0.15, -0.1) is 0 Å². The van der Waals surface area contributed by atoms with Gasteiger partial charge in [0.2, 0.25) is 0 Å². The second-order valence-electron chi connectivity index (χ2n) is 4.50. The smallest absolute Gasteiger partial charge is 0.264 e. The Morgan fingerprint density at radius 1 is 1.58 bits per heavy atom. The van der Waals surface area contributed by atoms with Crippen LogP contribution in [0, 0.1) is 5.82 Å². The first kappa shape index (κ1) is 14.2. The molecule has 7 heteroatoms. The molecule has 0 radical (unpaired) electrons. The van der Waals surface area contributed by atoms with Crippen LogP contribution in [0.1, 0.15) is 12.0 Å². The first-order valence-corrected chi connectivity index (χ1v) is 7.64. The standard InChI is InChI=1S/C12H15FO5S/c1-19(15,16)17-7-10(14)12-4-2-8-6-9(13)3-5-11(8)18-12/h3,5-6,10,12,14H,2,4,7H2,1H3/t10-,12+/m1/s1. The van der Waals surface area contributed by atoms with E-state index in [2.05, 4.69) is 4.18 Å². The van der Waals surface area contributed by atoms with Gasteiger partial charge in [-0.25, -0.2) is 4.39 Å². The van der Waals surface area contributed by atoms with Gasteiger partial charge in [-0.1, -0.05) is 0 Å². The Labute approximate surface area is 111 Å². The summed E-state index contributed by atoms with van der Waals surface area (Å²) in [5.74, 6) is 0.179. The van der Waals surface area contributed by atoms with Crippen molar-refractivity contribution in [1.82, 2.24) is 0 Å². The number of aliphatic hydroxyl groups excluding tert-OH is 1. The number of hydrogen-bond acceptors (Lipinski definition) is 5. The lowest BCUT2D eigenvalue weighted by Crippen LogP contribution is -2.38. The number of fused-ring (bicyclic) bond motifs is 1. The van der Waals surface area contributed by atoms with E-state index in [1.165, 1.54) is 18.2 Å². The molecule has 5 nitrogen and oxygen atoms in total. The first-order valence-electron chi connectivity index (χ1n) is 5.83. The van der Waals surface area contributed by atoms with Crippen LogP contribution in [0.5, 0.6) is 5.75 Å². The van der Waals surface area contributed by atoms with Crippen LogP contribution in [0.4, 0.5) is 4.39 Å². The van der Waals surface area contributed by atoms with Gasteiger partial charge in [0.1, 0.15) is 23.8 Å². The van der Waals surface area contributed by atoms with Crippen LogP contribution in [-0.2, 0) is 20.7 Å². The predicted octanol–water partition coefficient (Wildman–Crippen LogP) is 0.856. The van der Waals surface area contributed by atoms with Gasteiger partial charge < -0.3 is 9.84 Å². The largest absolute Gasteiger partial charge is 0.487 e. The van der Waals surface area contributed by atoms with Crippen LogP contribution in [0.2, 0.25) is 0 Å². The van der Waals surface area contributed by atoms with Crippen molar-refractivity contribution in [3.05, 3.63) is 29.6 Å². The fraction of sp³-hybridized carbons (Fsp3) is 0.500. The van der Waals surface area contributed by atoms with Gasteiger partial charge in [0, 0.05) is 0 Å². The molecule has 19 heavy (non-hydrogen) atoms. The minimum atomic E-state index is -3.59. The zero-order chi connectivity index (χ0) is 14.0. The lowest BCUT2D eigenvalue weighted by Gasteiger charge is -2.29. The normalized spacial score (nSPS) is 20.5. The molecular formula is C12H15FO5S. The Balaban J connectivity index is 1.99. The third kappa shape index (κ3) is 3.89. The first-order chi connectivity index (χ1) is 8.85. The van der Waals surface area contributed by atoms with Crippen molar-refractivity contribution in [2.24, 2.45) is 0 Å². The van der Waals surface area contributed by atoms with E-state index in [0.717, 1.165) is 11.8 Å². The van der Waals surface area contributed by atoms with Crippen LogP contribution < -0.4 is 4.74 Å². The molecule has 0 bridgehead atoms. The van der Waals surface area contributed by atoms with E-state index in [0.29, 0.717) is 18.6 Å². The summed E-state index contributed by atoms with van der Waals surface area (Å²) >= 11 is 0. The molecule has 0 saturated carbocycles. The van der Waals surface area contributed by atoms with Crippen molar-refractivity contribution in [3.63, 3.8) is 0 Å². The summed E-state index contributed by atoms with van der Waals surface area (Å²) in [7, 11) is -3.59. The van der Waals surface area contributed by atoms with Gasteiger partial charge in [-0.05, 0) is 36.6 Å². The molecule has 1 aromatic carbocycles. The molecule has 0 fully saturated rings. The quantitative estimate of drug-likeness (QED) is 0.833. The van der Waals surface area contributed by atoms with E-state index < -0.39 is 22.3 Å². The summed E-state index contributed by atoms with van der Waals surface area (Å²) in [5, 5.41) is 9.83. The maximum Gasteiger partial charge on any atom is 0.264 e. The predicted molar refractivity (Wildman–Crippen MR) is 65.9 cm³/mol. The molecule has 1 aromatic rings. The number of ether oxygens (including phenoxy) is 1. The molecule has 0 aromatic heterocycles. The van der Waals surface area contributed by atoms with Crippen molar-refractivity contribution >= 4 is 10.1 Å². The van der Waals surface area contributed by atoms with E-state index in [4.69, 9.17) is 4.74 Å². The van der Waals surface area contributed by atoms with Gasteiger partial charge >= 0.3 is 0 Å². The summed E-state index contributed by atoms with van der Waals surface area (Å²) in [4.78, 5) is 0. The average Bonchev–Trinajstić information content (AvgIpc) is 2.34. The van der Waals surface area contributed by atoms with E-state index in [1.54, 1.807) is 0 Å². The Kier molecular flexibility index (Phi) is 4.07. The highest BCUT2D eigenvalue weighted by atomic mass is 32.2. The van der Waals surface area contributed by atoms with Crippen LogP contribution in [-0.4, -0.2) is 38.6 Å². The molecule has 1 aliphatic rings. The lowest BCUT2D eigenvalue weighted by atomic mass is 9.99. The number of aryl methyl sites for hydroxylation is 1. The zero-order valence-electron chi connectivity index (χ0n) is 10.4. The van der Waals surface area contributed by atoms with Crippen molar-refractivity contribution in [2.75, 3.05) is 12.9 Å². The van der Waals surface area contributed by atoms with Crippen molar-refractivity contribution in [2.45, 2.75) is 25.0 Å². The summed E-state index contributed by atoms with van der Waals surface area (Å²) in [6, 6.07) is 4.17. The molecule has 0 saturated heterocycles. The maximum atomic E-state index is 13.0. The van der Waals surface area contributed by atoms with E-state index in [-0.39, 0.29) is 12.4 Å². The zero-order valence-corrected chi connectivity index (χ0v) is 11.2. The maximum absolute atomic E-state index is 13.0. The minimum absolute atomic E-state index is 0.332. The van der Waals surface area contributed by atoms with Gasteiger partial charge in [-0.2, -0.15) is 8.42 Å². The van der Waals surface area contributed by atoms with E-state index >= 15 is 0 Å². The Morgan fingerprint density at radius 3 is 3.00 bits per heavy atom. The molecule has 0 spiro atoms. The van der Waals surface area contributed by atoms with Crippen molar-refractivity contribution in [1.29, 1.82) is 0 Å². The number of rotatable bonds is 4. The highest BCUT2D eigenvalue weighted by Crippen LogP contribution is 2.29. The number of aliphatic hydroxyl groups is 1.